The molecule has 20 heavy (non-hydrogen) atoms. The van der Waals surface area contributed by atoms with E-state index in [4.69, 9.17) is 10.5 Å². The van der Waals surface area contributed by atoms with Crippen molar-refractivity contribution in [1.29, 1.82) is 0 Å². The standard InChI is InChI=1S/C11H15N3O5S/c1-8-6-9(12)10(14(15)16)7-11(8)20(17,18)13-2-4-19-5-3-13/h6-7H,2-5,12H2,1H3. The molecule has 1 aromatic carbocycles. The Balaban J connectivity index is 2.50. The molecule has 2 rings (SSSR count). The number of nitro benzene ring substituents is 1. The molecule has 0 aromatic heterocycles. The monoisotopic (exact) mass is 301 g/mol. The highest BCUT2D eigenvalue weighted by atomic mass is 32.2. The summed E-state index contributed by atoms with van der Waals surface area (Å²) in [5, 5.41) is 10.9. The van der Waals surface area contributed by atoms with Gasteiger partial charge in [0.25, 0.3) is 5.69 Å². The van der Waals surface area contributed by atoms with E-state index in [-0.39, 0.29) is 23.7 Å². The van der Waals surface area contributed by atoms with Gasteiger partial charge in [0, 0.05) is 19.2 Å². The number of morpholine rings is 1. The van der Waals surface area contributed by atoms with E-state index < -0.39 is 20.6 Å². The lowest BCUT2D eigenvalue weighted by Gasteiger charge is -2.26. The Morgan fingerprint density at radius 3 is 2.50 bits per heavy atom. The molecule has 9 heteroatoms. The molecule has 1 heterocycles. The fourth-order valence-electron chi connectivity index (χ4n) is 2.06. The number of aryl methyl sites for hydroxylation is 1. The highest BCUT2D eigenvalue weighted by molar-refractivity contribution is 7.89. The van der Waals surface area contributed by atoms with Crippen molar-refractivity contribution in [1.82, 2.24) is 4.31 Å². The third kappa shape index (κ3) is 2.60. The number of ether oxygens (including phenoxy) is 1. The molecular weight excluding hydrogens is 286 g/mol. The summed E-state index contributed by atoms with van der Waals surface area (Å²) in [4.78, 5) is 10.1. The minimum atomic E-state index is -3.77. The molecule has 0 aliphatic carbocycles. The number of hydrogen-bond donors (Lipinski definition) is 1. The zero-order valence-corrected chi connectivity index (χ0v) is 11.7. The van der Waals surface area contributed by atoms with Crippen molar-refractivity contribution in [3.63, 3.8) is 0 Å². The van der Waals surface area contributed by atoms with E-state index >= 15 is 0 Å². The van der Waals surface area contributed by atoms with Gasteiger partial charge in [-0.15, -0.1) is 0 Å². The summed E-state index contributed by atoms with van der Waals surface area (Å²) in [6, 6.07) is 2.33. The average molecular weight is 301 g/mol. The lowest BCUT2D eigenvalue weighted by Crippen LogP contribution is -2.40. The Kier molecular flexibility index (Phi) is 3.93. The minimum Gasteiger partial charge on any atom is -0.393 e. The SMILES string of the molecule is Cc1cc(N)c([N+](=O)[O-])cc1S(=O)(=O)N1CCOCC1. The van der Waals surface area contributed by atoms with Gasteiger partial charge >= 0.3 is 0 Å². The van der Waals surface area contributed by atoms with Gasteiger partial charge in [-0.05, 0) is 18.6 Å². The normalized spacial score (nSPS) is 17.1. The number of anilines is 1. The van der Waals surface area contributed by atoms with Crippen LogP contribution in [0.2, 0.25) is 0 Å². The van der Waals surface area contributed by atoms with Gasteiger partial charge in [-0.1, -0.05) is 0 Å². The van der Waals surface area contributed by atoms with Gasteiger partial charge < -0.3 is 10.5 Å². The molecule has 0 bridgehead atoms. The highest BCUT2D eigenvalue weighted by Crippen LogP contribution is 2.30. The maximum atomic E-state index is 12.5. The van der Waals surface area contributed by atoms with Crippen LogP contribution in [0.15, 0.2) is 17.0 Å². The molecule has 0 saturated carbocycles. The maximum absolute atomic E-state index is 12.5. The van der Waals surface area contributed by atoms with Crippen molar-refractivity contribution in [2.45, 2.75) is 11.8 Å². The molecule has 1 aliphatic heterocycles. The van der Waals surface area contributed by atoms with E-state index in [1.807, 2.05) is 0 Å². The fourth-order valence-corrected chi connectivity index (χ4v) is 3.70. The molecule has 110 valence electrons. The van der Waals surface area contributed by atoms with Crippen LogP contribution in [-0.4, -0.2) is 43.9 Å². The number of nitro groups is 1. The minimum absolute atomic E-state index is 0.0478. The summed E-state index contributed by atoms with van der Waals surface area (Å²) < 4.78 is 31.4. The van der Waals surface area contributed by atoms with Crippen LogP contribution < -0.4 is 5.73 Å². The first kappa shape index (κ1) is 14.7. The summed E-state index contributed by atoms with van der Waals surface area (Å²) in [6.07, 6.45) is 0. The Hall–Kier alpha value is -1.71. The maximum Gasteiger partial charge on any atom is 0.293 e. The van der Waals surface area contributed by atoms with Crippen LogP contribution in [-0.2, 0) is 14.8 Å². The third-order valence-electron chi connectivity index (χ3n) is 3.11. The van der Waals surface area contributed by atoms with E-state index in [0.29, 0.717) is 18.8 Å². The number of sulfonamides is 1. The van der Waals surface area contributed by atoms with Crippen molar-refractivity contribution >= 4 is 21.4 Å². The van der Waals surface area contributed by atoms with Gasteiger partial charge in [0.15, 0.2) is 0 Å². The Morgan fingerprint density at radius 1 is 1.35 bits per heavy atom. The Morgan fingerprint density at radius 2 is 1.95 bits per heavy atom. The van der Waals surface area contributed by atoms with E-state index in [9.17, 15) is 18.5 Å². The fraction of sp³-hybridized carbons (Fsp3) is 0.455. The van der Waals surface area contributed by atoms with Crippen molar-refractivity contribution in [2.24, 2.45) is 0 Å². The summed E-state index contributed by atoms with van der Waals surface area (Å²) in [5.74, 6) is 0. The van der Waals surface area contributed by atoms with Gasteiger partial charge in [-0.3, -0.25) is 10.1 Å². The molecule has 1 fully saturated rings. The number of rotatable bonds is 3. The molecule has 2 N–H and O–H groups in total. The van der Waals surface area contributed by atoms with Crippen LogP contribution >= 0.6 is 0 Å². The molecule has 0 atom stereocenters. The summed E-state index contributed by atoms with van der Waals surface area (Å²) in [7, 11) is -3.77. The van der Waals surface area contributed by atoms with Crippen LogP contribution in [0.25, 0.3) is 0 Å². The van der Waals surface area contributed by atoms with Gasteiger partial charge in [0.2, 0.25) is 10.0 Å². The molecule has 1 saturated heterocycles. The first-order valence-electron chi connectivity index (χ1n) is 5.96. The van der Waals surface area contributed by atoms with Crippen molar-refractivity contribution in [3.8, 4) is 0 Å². The quantitative estimate of drug-likeness (QED) is 0.494. The second kappa shape index (κ2) is 5.35. The zero-order chi connectivity index (χ0) is 14.9. The molecular formula is C11H15N3O5S. The molecule has 8 nitrogen and oxygen atoms in total. The molecule has 1 aromatic rings. The molecule has 0 unspecified atom stereocenters. The number of nitrogens with two attached hydrogens (primary N) is 1. The number of nitrogens with zero attached hydrogens (tertiary/aromatic N) is 2. The van der Waals surface area contributed by atoms with Gasteiger partial charge in [-0.25, -0.2) is 8.42 Å². The zero-order valence-electron chi connectivity index (χ0n) is 10.9. The van der Waals surface area contributed by atoms with E-state index in [2.05, 4.69) is 0 Å². The van der Waals surface area contributed by atoms with E-state index in [0.717, 1.165) is 6.07 Å². The predicted molar refractivity (Wildman–Crippen MR) is 71.8 cm³/mol. The van der Waals surface area contributed by atoms with Crippen LogP contribution in [0.5, 0.6) is 0 Å². The van der Waals surface area contributed by atoms with E-state index in [1.54, 1.807) is 6.92 Å². The second-order valence-electron chi connectivity index (χ2n) is 4.45. The summed E-state index contributed by atoms with van der Waals surface area (Å²) in [5.41, 5.74) is 5.48. The smallest absolute Gasteiger partial charge is 0.293 e. The van der Waals surface area contributed by atoms with E-state index in [1.165, 1.54) is 10.4 Å². The second-order valence-corrected chi connectivity index (χ2v) is 6.36. The molecule has 0 amide bonds. The summed E-state index contributed by atoms with van der Waals surface area (Å²) in [6.45, 7) is 2.66. The predicted octanol–water partition coefficient (Wildman–Crippen LogP) is 0.506. The Labute approximate surface area is 116 Å². The lowest BCUT2D eigenvalue weighted by atomic mass is 10.2. The van der Waals surface area contributed by atoms with Gasteiger partial charge in [0.05, 0.1) is 23.0 Å². The van der Waals surface area contributed by atoms with Gasteiger partial charge in [0.1, 0.15) is 5.69 Å². The van der Waals surface area contributed by atoms with Crippen molar-refractivity contribution in [2.75, 3.05) is 32.0 Å². The van der Waals surface area contributed by atoms with Crippen molar-refractivity contribution in [3.05, 3.63) is 27.8 Å². The number of nitrogen functional groups attached to an aromatic ring is 1. The van der Waals surface area contributed by atoms with Gasteiger partial charge in [-0.2, -0.15) is 4.31 Å². The lowest BCUT2D eigenvalue weighted by molar-refractivity contribution is -0.384. The third-order valence-corrected chi connectivity index (χ3v) is 5.15. The highest BCUT2D eigenvalue weighted by Gasteiger charge is 2.30. The Bertz CT molecular complexity index is 638. The average Bonchev–Trinajstić information content (AvgIpc) is 2.39. The first-order valence-corrected chi connectivity index (χ1v) is 7.40. The van der Waals surface area contributed by atoms with Crippen LogP contribution in [0, 0.1) is 17.0 Å². The largest absolute Gasteiger partial charge is 0.393 e. The summed E-state index contributed by atoms with van der Waals surface area (Å²) >= 11 is 0. The van der Waals surface area contributed by atoms with Crippen LogP contribution in [0.3, 0.4) is 0 Å². The molecule has 0 spiro atoms. The molecule has 1 aliphatic rings. The first-order chi connectivity index (χ1) is 9.34. The number of hydrogen-bond acceptors (Lipinski definition) is 6. The van der Waals surface area contributed by atoms with Crippen LogP contribution in [0.4, 0.5) is 11.4 Å². The van der Waals surface area contributed by atoms with Crippen LogP contribution in [0.1, 0.15) is 5.56 Å². The number of benzene rings is 1. The molecule has 0 radical (unpaired) electrons. The van der Waals surface area contributed by atoms with Crippen molar-refractivity contribution < 1.29 is 18.1 Å². The topological polar surface area (TPSA) is 116 Å².